The molecule has 14 nitrogen and oxygen atoms in total. The summed E-state index contributed by atoms with van der Waals surface area (Å²) >= 11 is 0. The highest BCUT2D eigenvalue weighted by molar-refractivity contribution is 7.89. The number of anilines is 3. The Bertz CT molecular complexity index is 2560. The molecule has 15 heteroatoms. The predicted molar refractivity (Wildman–Crippen MR) is 249 cm³/mol. The summed E-state index contributed by atoms with van der Waals surface area (Å²) in [5.41, 5.74) is 7.61. The molecule has 342 valence electrons. The third-order valence-corrected chi connectivity index (χ3v) is 16.1. The Hall–Kier alpha value is -5.61. The Morgan fingerprint density at radius 3 is 2.45 bits per heavy atom. The van der Waals surface area contributed by atoms with Crippen LogP contribution in [0.15, 0.2) is 89.8 Å². The number of hydrogen-bond acceptors (Lipinski definition) is 10. The number of nitrogens with one attached hydrogen (secondary N) is 5. The summed E-state index contributed by atoms with van der Waals surface area (Å²) in [5, 5.41) is 26.4. The Morgan fingerprint density at radius 2 is 1.66 bits per heavy atom. The van der Waals surface area contributed by atoms with E-state index in [9.17, 15) is 32.7 Å². The van der Waals surface area contributed by atoms with Crippen molar-refractivity contribution < 1.29 is 32.7 Å². The third kappa shape index (κ3) is 9.42. The molecule has 2 saturated heterocycles. The number of nitrogens with zero attached hydrogens (tertiary/aromatic N) is 2. The topological polar surface area (TPSA) is 189 Å². The van der Waals surface area contributed by atoms with Crippen LogP contribution in [0.2, 0.25) is 0 Å². The summed E-state index contributed by atoms with van der Waals surface area (Å²) in [7, 11) is -3.79. The summed E-state index contributed by atoms with van der Waals surface area (Å²) in [4.78, 5) is 52.3. The van der Waals surface area contributed by atoms with Crippen molar-refractivity contribution in [3.63, 3.8) is 0 Å². The van der Waals surface area contributed by atoms with Gasteiger partial charge in [0.1, 0.15) is 6.04 Å². The summed E-state index contributed by atoms with van der Waals surface area (Å²) in [6, 6.07) is 25.5. The lowest BCUT2D eigenvalue weighted by Crippen LogP contribution is -2.52. The highest BCUT2D eigenvalue weighted by Gasteiger charge is 2.48. The number of sulfonamides is 1. The fraction of sp³-hybridized carbons (Fsp3) is 0.440. The van der Waals surface area contributed by atoms with Crippen LogP contribution in [-0.2, 0) is 31.0 Å². The molecule has 6 N–H and O–H groups in total. The minimum atomic E-state index is -3.79. The molecule has 4 aliphatic heterocycles. The van der Waals surface area contributed by atoms with Gasteiger partial charge in [-0.3, -0.25) is 24.5 Å². The van der Waals surface area contributed by atoms with Gasteiger partial charge in [-0.05, 0) is 129 Å². The van der Waals surface area contributed by atoms with Gasteiger partial charge in [-0.1, -0.05) is 42.0 Å². The number of piperidine rings is 1. The number of aliphatic hydroxyl groups excluding tert-OH is 1. The molecular formula is C50H59N7O7S. The largest absolute Gasteiger partial charge is 0.394 e. The van der Waals surface area contributed by atoms with Gasteiger partial charge in [0.15, 0.2) is 0 Å². The van der Waals surface area contributed by atoms with E-state index in [-0.39, 0.29) is 47.6 Å². The minimum Gasteiger partial charge on any atom is -0.394 e. The predicted octanol–water partition coefficient (Wildman–Crippen LogP) is 6.33. The molecule has 0 bridgehead atoms. The number of fused-ring (bicyclic) bond motifs is 4. The number of amides is 4. The first-order chi connectivity index (χ1) is 31.5. The van der Waals surface area contributed by atoms with Crippen LogP contribution >= 0.6 is 0 Å². The van der Waals surface area contributed by atoms with E-state index in [0.717, 1.165) is 84.3 Å². The number of benzene rings is 4. The second-order valence-electron chi connectivity index (χ2n) is 18.4. The van der Waals surface area contributed by atoms with Gasteiger partial charge >= 0.3 is 0 Å². The number of rotatable bonds is 15. The molecule has 4 amide bonds. The van der Waals surface area contributed by atoms with Crippen LogP contribution in [0.4, 0.5) is 17.1 Å². The highest BCUT2D eigenvalue weighted by atomic mass is 32.2. The van der Waals surface area contributed by atoms with Gasteiger partial charge in [0.05, 0.1) is 23.6 Å². The second kappa shape index (κ2) is 19.1. The van der Waals surface area contributed by atoms with Crippen molar-refractivity contribution in [2.45, 2.75) is 107 Å². The van der Waals surface area contributed by atoms with Crippen LogP contribution in [0.1, 0.15) is 97.3 Å². The summed E-state index contributed by atoms with van der Waals surface area (Å²) in [5.74, 6) is -0.393. The van der Waals surface area contributed by atoms with Crippen LogP contribution < -0.4 is 26.6 Å². The van der Waals surface area contributed by atoms with E-state index in [2.05, 4.69) is 32.7 Å². The average molecular weight is 902 g/mol. The standard InChI is InChI=1S/C50H59N7O7S/c1-31-11-18-37(19-12-31)65(63,64)57-26-23-39-44(30-58)54-43-20-15-34(28-40(43)48(39)57)33-6-3-7-36(27-33)53-46(59)10-2-5-32-13-16-35(17-14-32)51-24-25-52-42-9-4-8-38-41(42)29-56(50(38)62)45-21-22-47(60)55-49(45)61/h3-4,6-9,11-12,15,18-20,27-28,32,35,39,44-45,48,51-52,54,58H,2,5,10,13-14,16-17,21-26,29-30H2,1H3,(H,53,59)(H,55,60,61)/t32?,35?,39-,44+,45?,48-/m1/s1. The fourth-order valence-electron chi connectivity index (χ4n) is 10.7. The monoisotopic (exact) mass is 901 g/mol. The molecule has 3 fully saturated rings. The number of aryl methyl sites for hydroxylation is 1. The summed E-state index contributed by atoms with van der Waals surface area (Å²) in [6.07, 6.45) is 7.89. The number of aliphatic hydroxyl groups is 1. The molecule has 1 aliphatic carbocycles. The first kappa shape index (κ1) is 44.6. The maximum atomic E-state index is 14.0. The smallest absolute Gasteiger partial charge is 0.255 e. The van der Waals surface area contributed by atoms with E-state index in [1.54, 1.807) is 27.4 Å². The quantitative estimate of drug-likeness (QED) is 0.0581. The maximum Gasteiger partial charge on any atom is 0.255 e. The number of hydrogen-bond donors (Lipinski definition) is 6. The van der Waals surface area contributed by atoms with E-state index in [1.165, 1.54) is 0 Å². The third-order valence-electron chi connectivity index (χ3n) is 14.2. The molecule has 4 heterocycles. The fourth-order valence-corrected chi connectivity index (χ4v) is 12.4. The van der Waals surface area contributed by atoms with Crippen LogP contribution in [0, 0.1) is 18.8 Å². The highest BCUT2D eigenvalue weighted by Crippen LogP contribution is 2.49. The van der Waals surface area contributed by atoms with Gasteiger partial charge in [-0.15, -0.1) is 0 Å². The van der Waals surface area contributed by atoms with Gasteiger partial charge in [0.25, 0.3) is 5.91 Å². The van der Waals surface area contributed by atoms with Crippen molar-refractivity contribution in [2.75, 3.05) is 42.2 Å². The number of carbonyl (C=O) groups is 4. The van der Waals surface area contributed by atoms with Crippen molar-refractivity contribution in [3.8, 4) is 11.1 Å². The molecular weight excluding hydrogens is 843 g/mol. The zero-order valence-electron chi connectivity index (χ0n) is 36.9. The van der Waals surface area contributed by atoms with Gasteiger partial charge in [-0.25, -0.2) is 8.42 Å². The molecule has 4 atom stereocenters. The normalized spacial score (nSPS) is 24.2. The van der Waals surface area contributed by atoms with Crippen molar-refractivity contribution in [1.29, 1.82) is 0 Å². The van der Waals surface area contributed by atoms with Gasteiger partial charge in [0.2, 0.25) is 27.7 Å². The molecule has 0 aromatic heterocycles. The second-order valence-corrected chi connectivity index (χ2v) is 20.3. The van der Waals surface area contributed by atoms with Crippen LogP contribution in [0.5, 0.6) is 0 Å². The molecule has 9 rings (SSSR count). The van der Waals surface area contributed by atoms with Crippen molar-refractivity contribution in [3.05, 3.63) is 107 Å². The molecule has 1 saturated carbocycles. The van der Waals surface area contributed by atoms with E-state index >= 15 is 0 Å². The lowest BCUT2D eigenvalue weighted by atomic mass is 9.82. The Balaban J connectivity index is 0.727. The Morgan fingerprint density at radius 1 is 0.877 bits per heavy atom. The number of imide groups is 1. The Labute approximate surface area is 381 Å². The van der Waals surface area contributed by atoms with Crippen LogP contribution in [0.25, 0.3) is 11.1 Å². The van der Waals surface area contributed by atoms with Crippen molar-refractivity contribution >= 4 is 50.7 Å². The van der Waals surface area contributed by atoms with Gasteiger partial charge in [0, 0.05) is 79.2 Å². The lowest BCUT2D eigenvalue weighted by Gasteiger charge is -2.39. The average Bonchev–Trinajstić information content (AvgIpc) is 3.91. The molecule has 0 radical (unpaired) electrons. The molecule has 65 heavy (non-hydrogen) atoms. The van der Waals surface area contributed by atoms with Crippen LogP contribution in [-0.4, -0.2) is 90.7 Å². The van der Waals surface area contributed by atoms with Crippen molar-refractivity contribution in [1.82, 2.24) is 19.8 Å². The van der Waals surface area contributed by atoms with Gasteiger partial charge < -0.3 is 31.3 Å². The van der Waals surface area contributed by atoms with Gasteiger partial charge in [-0.2, -0.15) is 4.31 Å². The van der Waals surface area contributed by atoms with E-state index in [0.29, 0.717) is 62.1 Å². The van der Waals surface area contributed by atoms with Crippen molar-refractivity contribution in [2.24, 2.45) is 11.8 Å². The number of carbonyl (C=O) groups excluding carboxylic acids is 4. The molecule has 5 aliphatic rings. The molecule has 4 aromatic carbocycles. The van der Waals surface area contributed by atoms with E-state index in [4.69, 9.17) is 0 Å². The molecule has 1 unspecified atom stereocenters. The SMILES string of the molecule is Cc1ccc(S(=O)(=O)N2CC[C@@H]3[C@H](CO)Nc4ccc(-c5cccc(NC(=O)CCCC6CCC(NCCNc7cccc8c7CN(C7CCC(=O)NC7=O)C8=O)CC6)c5)cc4[C@@H]32)cc1. The van der Waals surface area contributed by atoms with E-state index < -0.39 is 28.0 Å². The summed E-state index contributed by atoms with van der Waals surface area (Å²) < 4.78 is 29.7. The molecule has 0 spiro atoms. The zero-order valence-corrected chi connectivity index (χ0v) is 37.7. The summed E-state index contributed by atoms with van der Waals surface area (Å²) in [6.45, 7) is 4.02. The Kier molecular flexibility index (Phi) is 13.1. The first-order valence-corrected chi connectivity index (χ1v) is 24.6. The van der Waals surface area contributed by atoms with Crippen LogP contribution in [0.3, 0.4) is 0 Å². The first-order valence-electron chi connectivity index (χ1n) is 23.2. The zero-order chi connectivity index (χ0) is 45.2. The lowest BCUT2D eigenvalue weighted by molar-refractivity contribution is -0.137. The minimum absolute atomic E-state index is 0.0162. The molecule has 4 aromatic rings. The maximum absolute atomic E-state index is 14.0. The van der Waals surface area contributed by atoms with E-state index in [1.807, 2.05) is 67.6 Å².